The summed E-state index contributed by atoms with van der Waals surface area (Å²) in [5.41, 5.74) is 7.87. The molecule has 1 aromatic carbocycles. The van der Waals surface area contributed by atoms with E-state index < -0.39 is 0 Å². The number of allylic oxidation sites excluding steroid dienone is 6. The number of nitrogens with one attached hydrogen (secondary N) is 1. The first kappa shape index (κ1) is 19.8. The summed E-state index contributed by atoms with van der Waals surface area (Å²) in [5.74, 6) is -0.0534. The Morgan fingerprint density at radius 2 is 1.96 bits per heavy atom. The lowest BCUT2D eigenvalue weighted by molar-refractivity contribution is 0.0963. The topological polar surface area (TPSA) is 32.3 Å². The Morgan fingerprint density at radius 1 is 1.23 bits per heavy atom. The van der Waals surface area contributed by atoms with Crippen molar-refractivity contribution in [3.8, 4) is 0 Å². The Hall–Kier alpha value is -2.55. The van der Waals surface area contributed by atoms with Crippen LogP contribution in [0, 0.1) is 6.92 Å². The lowest BCUT2D eigenvalue weighted by atomic mass is 9.97. The third kappa shape index (κ3) is 4.34. The number of aryl methyl sites for hydroxylation is 1. The number of benzene rings is 1. The van der Waals surface area contributed by atoms with Gasteiger partial charge in [0.15, 0.2) is 0 Å². The van der Waals surface area contributed by atoms with Gasteiger partial charge in [-0.05, 0) is 80.7 Å². The van der Waals surface area contributed by atoms with Crippen LogP contribution in [0.3, 0.4) is 0 Å². The number of carbonyl (C=O) groups excluding carboxylic acids is 1. The number of rotatable bonds is 5. The number of unbranched alkanes of at least 4 members (excludes halogenated alkanes) is 1. The standard InChI is InChI=1S/C23H30N2O/c1-7-8-9-21-14-16(2)12-13-25(21)19(5)18(4)22-11-10-20(15-17(22)3)23(26)24-6/h9-15H,7-8H2,1-6H3,(H,24,26)/b19-18+,21-9+. The Labute approximate surface area is 157 Å². The summed E-state index contributed by atoms with van der Waals surface area (Å²) in [6.07, 6.45) is 11.0. The van der Waals surface area contributed by atoms with E-state index in [0.29, 0.717) is 5.56 Å². The van der Waals surface area contributed by atoms with Crippen molar-refractivity contribution < 1.29 is 4.79 Å². The van der Waals surface area contributed by atoms with Gasteiger partial charge in [-0.3, -0.25) is 4.79 Å². The van der Waals surface area contributed by atoms with Gasteiger partial charge in [0.25, 0.3) is 5.91 Å². The molecule has 0 saturated carbocycles. The molecule has 138 valence electrons. The zero-order valence-electron chi connectivity index (χ0n) is 16.8. The van der Waals surface area contributed by atoms with Crippen LogP contribution in [0.15, 0.2) is 59.6 Å². The molecule has 1 heterocycles. The smallest absolute Gasteiger partial charge is 0.251 e. The van der Waals surface area contributed by atoms with E-state index in [9.17, 15) is 4.79 Å². The van der Waals surface area contributed by atoms with Crippen LogP contribution in [0.2, 0.25) is 0 Å². The van der Waals surface area contributed by atoms with Crippen molar-refractivity contribution in [2.45, 2.75) is 47.5 Å². The monoisotopic (exact) mass is 350 g/mol. The van der Waals surface area contributed by atoms with Crippen LogP contribution in [0.25, 0.3) is 5.57 Å². The van der Waals surface area contributed by atoms with Crippen molar-refractivity contribution in [1.82, 2.24) is 10.2 Å². The average Bonchev–Trinajstić information content (AvgIpc) is 2.64. The molecule has 0 unspecified atom stereocenters. The molecule has 0 spiro atoms. The summed E-state index contributed by atoms with van der Waals surface area (Å²) < 4.78 is 0. The van der Waals surface area contributed by atoms with Gasteiger partial charge in [-0.1, -0.05) is 25.5 Å². The van der Waals surface area contributed by atoms with Gasteiger partial charge in [-0.25, -0.2) is 0 Å². The second-order valence-corrected chi connectivity index (χ2v) is 6.81. The van der Waals surface area contributed by atoms with Gasteiger partial charge in [-0.15, -0.1) is 0 Å². The maximum Gasteiger partial charge on any atom is 0.251 e. The largest absolute Gasteiger partial charge is 0.355 e. The van der Waals surface area contributed by atoms with Crippen molar-refractivity contribution in [2.24, 2.45) is 0 Å². The van der Waals surface area contributed by atoms with Crippen LogP contribution in [0.5, 0.6) is 0 Å². The number of hydrogen-bond acceptors (Lipinski definition) is 2. The first-order valence-corrected chi connectivity index (χ1v) is 9.25. The molecule has 0 saturated heterocycles. The van der Waals surface area contributed by atoms with E-state index in [-0.39, 0.29) is 5.91 Å². The Balaban J connectivity index is 2.42. The molecule has 1 aliphatic heterocycles. The highest BCUT2D eigenvalue weighted by atomic mass is 16.1. The molecule has 0 bridgehead atoms. The van der Waals surface area contributed by atoms with Crippen LogP contribution >= 0.6 is 0 Å². The predicted octanol–water partition coefficient (Wildman–Crippen LogP) is 5.57. The Kier molecular flexibility index (Phi) is 6.62. The van der Waals surface area contributed by atoms with Gasteiger partial charge in [0.05, 0.1) is 0 Å². The van der Waals surface area contributed by atoms with E-state index in [1.165, 1.54) is 28.1 Å². The number of nitrogens with zero attached hydrogens (tertiary/aromatic N) is 1. The minimum atomic E-state index is -0.0534. The quantitative estimate of drug-likeness (QED) is 0.753. The highest BCUT2D eigenvalue weighted by Crippen LogP contribution is 2.29. The molecule has 0 atom stereocenters. The molecule has 26 heavy (non-hydrogen) atoms. The number of carbonyl (C=O) groups is 1. The molecule has 1 aromatic rings. The van der Waals surface area contributed by atoms with Crippen LogP contribution in [-0.2, 0) is 0 Å². The fourth-order valence-electron chi connectivity index (χ4n) is 3.13. The molecule has 3 nitrogen and oxygen atoms in total. The van der Waals surface area contributed by atoms with Crippen LogP contribution in [0.1, 0.15) is 62.0 Å². The van der Waals surface area contributed by atoms with Crippen molar-refractivity contribution >= 4 is 11.5 Å². The fraction of sp³-hybridized carbons (Fsp3) is 0.348. The highest BCUT2D eigenvalue weighted by molar-refractivity contribution is 5.94. The zero-order chi connectivity index (χ0) is 19.3. The first-order chi connectivity index (χ1) is 12.4. The Morgan fingerprint density at radius 3 is 2.58 bits per heavy atom. The average molecular weight is 351 g/mol. The van der Waals surface area contributed by atoms with E-state index in [1.54, 1.807) is 7.05 Å². The Bertz CT molecular complexity index is 809. The van der Waals surface area contributed by atoms with Gasteiger partial charge in [-0.2, -0.15) is 0 Å². The molecule has 3 heteroatoms. The summed E-state index contributed by atoms with van der Waals surface area (Å²) >= 11 is 0. The van der Waals surface area contributed by atoms with Crippen molar-refractivity contribution in [3.05, 3.63) is 76.3 Å². The molecule has 1 N–H and O–H groups in total. The maximum atomic E-state index is 11.8. The van der Waals surface area contributed by atoms with E-state index in [1.807, 2.05) is 18.2 Å². The van der Waals surface area contributed by atoms with Gasteiger partial charge in [0, 0.05) is 30.2 Å². The van der Waals surface area contributed by atoms with Crippen LogP contribution < -0.4 is 5.32 Å². The minimum absolute atomic E-state index is 0.0534. The molecule has 0 fully saturated rings. The molecular weight excluding hydrogens is 320 g/mol. The molecule has 1 aliphatic rings. The zero-order valence-corrected chi connectivity index (χ0v) is 16.8. The molecule has 0 aromatic heterocycles. The van der Waals surface area contributed by atoms with Gasteiger partial charge in [0.2, 0.25) is 0 Å². The van der Waals surface area contributed by atoms with Gasteiger partial charge < -0.3 is 10.2 Å². The van der Waals surface area contributed by atoms with E-state index in [0.717, 1.165) is 18.4 Å². The SMILES string of the molecule is CCC/C=C1\C=C(C)C=CN1/C(C)=C(\C)c1ccc(C(=O)NC)cc1C. The molecule has 2 rings (SSSR count). The normalized spacial score (nSPS) is 16.5. The number of hydrogen-bond donors (Lipinski definition) is 1. The summed E-state index contributed by atoms with van der Waals surface area (Å²) in [5, 5.41) is 2.68. The maximum absolute atomic E-state index is 11.8. The van der Waals surface area contributed by atoms with Crippen molar-refractivity contribution in [1.29, 1.82) is 0 Å². The molecule has 1 amide bonds. The first-order valence-electron chi connectivity index (χ1n) is 9.25. The molecular formula is C23H30N2O. The molecule has 0 aliphatic carbocycles. The summed E-state index contributed by atoms with van der Waals surface area (Å²) in [4.78, 5) is 14.1. The number of amides is 1. The lowest BCUT2D eigenvalue weighted by Crippen LogP contribution is -2.18. The van der Waals surface area contributed by atoms with Crippen molar-refractivity contribution in [2.75, 3.05) is 7.05 Å². The minimum Gasteiger partial charge on any atom is -0.355 e. The second-order valence-electron chi connectivity index (χ2n) is 6.81. The van der Waals surface area contributed by atoms with Gasteiger partial charge in [0.1, 0.15) is 0 Å². The highest BCUT2D eigenvalue weighted by Gasteiger charge is 2.15. The lowest BCUT2D eigenvalue weighted by Gasteiger charge is -2.28. The summed E-state index contributed by atoms with van der Waals surface area (Å²) in [6.45, 7) is 10.7. The van der Waals surface area contributed by atoms with E-state index in [2.05, 4.69) is 69.3 Å². The summed E-state index contributed by atoms with van der Waals surface area (Å²) in [6, 6.07) is 5.89. The third-order valence-corrected chi connectivity index (χ3v) is 4.81. The molecule has 0 radical (unpaired) electrons. The van der Waals surface area contributed by atoms with Gasteiger partial charge >= 0.3 is 0 Å². The fourth-order valence-corrected chi connectivity index (χ4v) is 3.13. The van der Waals surface area contributed by atoms with Crippen LogP contribution in [0.4, 0.5) is 0 Å². The summed E-state index contributed by atoms with van der Waals surface area (Å²) in [7, 11) is 1.66. The van der Waals surface area contributed by atoms with E-state index in [4.69, 9.17) is 0 Å². The second kappa shape index (κ2) is 8.70. The van der Waals surface area contributed by atoms with Crippen LogP contribution in [-0.4, -0.2) is 17.9 Å². The predicted molar refractivity (Wildman–Crippen MR) is 111 cm³/mol. The third-order valence-electron chi connectivity index (χ3n) is 4.81. The van der Waals surface area contributed by atoms with Crippen molar-refractivity contribution in [3.63, 3.8) is 0 Å². The van der Waals surface area contributed by atoms with E-state index >= 15 is 0 Å².